The molecule has 154 valence electrons. The summed E-state index contributed by atoms with van der Waals surface area (Å²) in [5, 5.41) is 17.5. The van der Waals surface area contributed by atoms with Crippen LogP contribution in [0.4, 0.5) is 17.5 Å². The Kier molecular flexibility index (Phi) is 6.09. The second kappa shape index (κ2) is 9.27. The van der Waals surface area contributed by atoms with Gasteiger partial charge < -0.3 is 16.0 Å². The van der Waals surface area contributed by atoms with E-state index in [4.69, 9.17) is 5.73 Å². The largest absolute Gasteiger partial charge is 0.382 e. The van der Waals surface area contributed by atoms with Crippen LogP contribution in [0.15, 0.2) is 42.7 Å². The van der Waals surface area contributed by atoms with Crippen LogP contribution in [0.5, 0.6) is 0 Å². The van der Waals surface area contributed by atoms with E-state index in [9.17, 15) is 5.26 Å². The summed E-state index contributed by atoms with van der Waals surface area (Å²) in [6, 6.07) is 13.8. The van der Waals surface area contributed by atoms with Gasteiger partial charge in [0, 0.05) is 25.7 Å². The summed E-state index contributed by atoms with van der Waals surface area (Å²) >= 11 is 0. The van der Waals surface area contributed by atoms with Crippen molar-refractivity contribution in [1.29, 1.82) is 5.26 Å². The summed E-state index contributed by atoms with van der Waals surface area (Å²) in [6.07, 6.45) is 6.80. The highest BCUT2D eigenvalue weighted by molar-refractivity contribution is 5.56. The van der Waals surface area contributed by atoms with Gasteiger partial charge >= 0.3 is 0 Å². The van der Waals surface area contributed by atoms with Gasteiger partial charge in [-0.15, -0.1) is 0 Å². The van der Waals surface area contributed by atoms with E-state index in [1.54, 1.807) is 11.0 Å². The number of benzene rings is 1. The van der Waals surface area contributed by atoms with E-state index in [2.05, 4.69) is 31.4 Å². The lowest BCUT2D eigenvalue weighted by Gasteiger charge is -2.27. The number of hydrogen-bond donors (Lipinski definition) is 2. The molecule has 3 aromatic rings. The molecule has 1 aliphatic heterocycles. The lowest BCUT2D eigenvalue weighted by atomic mass is 10.1. The minimum atomic E-state index is 0.383. The monoisotopic (exact) mass is 402 g/mol. The van der Waals surface area contributed by atoms with Crippen molar-refractivity contribution in [3.63, 3.8) is 0 Å². The molecule has 8 nitrogen and oxygen atoms in total. The number of nitrogen functional groups attached to an aromatic ring is 1. The first-order valence-electron chi connectivity index (χ1n) is 10.4. The maximum absolute atomic E-state index is 9.53. The Morgan fingerprint density at radius 2 is 1.90 bits per heavy atom. The number of anilines is 3. The average molecular weight is 403 g/mol. The van der Waals surface area contributed by atoms with Crippen LogP contribution in [-0.2, 0) is 6.42 Å². The smallest absolute Gasteiger partial charge is 0.145 e. The van der Waals surface area contributed by atoms with E-state index in [0.29, 0.717) is 17.8 Å². The van der Waals surface area contributed by atoms with Gasteiger partial charge in [0.1, 0.15) is 35.4 Å². The Labute approximate surface area is 176 Å². The molecule has 30 heavy (non-hydrogen) atoms. The van der Waals surface area contributed by atoms with Gasteiger partial charge in [-0.3, -0.25) is 0 Å². The summed E-state index contributed by atoms with van der Waals surface area (Å²) in [7, 11) is 0. The van der Waals surface area contributed by atoms with Crippen LogP contribution in [0.25, 0.3) is 5.69 Å². The molecule has 0 radical (unpaired) electrons. The molecule has 1 fully saturated rings. The van der Waals surface area contributed by atoms with Gasteiger partial charge in [-0.2, -0.15) is 10.4 Å². The minimum absolute atomic E-state index is 0.383. The van der Waals surface area contributed by atoms with Crippen LogP contribution in [0, 0.1) is 11.3 Å². The highest BCUT2D eigenvalue weighted by Crippen LogP contribution is 2.22. The maximum Gasteiger partial charge on any atom is 0.145 e. The third-order valence-corrected chi connectivity index (χ3v) is 5.34. The molecule has 0 aliphatic carbocycles. The number of nitrogens with one attached hydrogen (secondary N) is 1. The van der Waals surface area contributed by atoms with E-state index in [0.717, 1.165) is 49.1 Å². The average Bonchev–Trinajstić information content (AvgIpc) is 3.13. The molecule has 1 aromatic carbocycles. The van der Waals surface area contributed by atoms with E-state index in [-0.39, 0.29) is 0 Å². The van der Waals surface area contributed by atoms with Crippen molar-refractivity contribution in [2.45, 2.75) is 32.1 Å². The summed E-state index contributed by atoms with van der Waals surface area (Å²) in [5.74, 6) is 2.18. The molecule has 0 saturated carbocycles. The first-order chi connectivity index (χ1) is 14.8. The molecule has 3 heterocycles. The third kappa shape index (κ3) is 4.35. The Hall–Kier alpha value is -3.60. The molecule has 0 atom stereocenters. The normalized spacial score (nSPS) is 13.8. The van der Waals surface area contributed by atoms with E-state index in [1.807, 2.05) is 36.4 Å². The van der Waals surface area contributed by atoms with Gasteiger partial charge in [-0.05, 0) is 44.2 Å². The van der Waals surface area contributed by atoms with Crippen molar-refractivity contribution < 1.29 is 0 Å². The fourth-order valence-electron chi connectivity index (χ4n) is 3.75. The molecule has 0 unspecified atom stereocenters. The highest BCUT2D eigenvalue weighted by Gasteiger charge is 2.16. The maximum atomic E-state index is 9.53. The molecule has 3 N–H and O–H groups in total. The molecule has 8 heteroatoms. The second-order valence-corrected chi connectivity index (χ2v) is 7.41. The van der Waals surface area contributed by atoms with Gasteiger partial charge in [-0.1, -0.05) is 18.2 Å². The molecule has 4 rings (SSSR count). The first-order valence-corrected chi connectivity index (χ1v) is 10.4. The van der Waals surface area contributed by atoms with E-state index < -0.39 is 0 Å². The zero-order valence-electron chi connectivity index (χ0n) is 17.0. The minimum Gasteiger partial charge on any atom is -0.382 e. The van der Waals surface area contributed by atoms with Crippen molar-refractivity contribution in [3.8, 4) is 11.8 Å². The quantitative estimate of drug-likeness (QED) is 0.584. The molecule has 0 spiro atoms. The van der Waals surface area contributed by atoms with Crippen LogP contribution in [0.2, 0.25) is 0 Å². The molecule has 1 saturated heterocycles. The molecule has 0 bridgehead atoms. The van der Waals surface area contributed by atoms with Crippen molar-refractivity contribution in [1.82, 2.24) is 19.7 Å². The standard InChI is InChI=1S/C22H26N8/c23-15-18-19(28-30(22(18)24)17-8-3-1-4-9-17)10-7-11-25-20-14-21(27-16-26-20)29-12-5-2-6-13-29/h1,3-4,8-9,14,16H,2,5-7,10-13,24H2,(H,25,26,27). The number of para-hydroxylation sites is 1. The van der Waals surface area contributed by atoms with Gasteiger partial charge in [0.25, 0.3) is 0 Å². The summed E-state index contributed by atoms with van der Waals surface area (Å²) in [5.41, 5.74) is 8.19. The summed E-state index contributed by atoms with van der Waals surface area (Å²) < 4.78 is 1.64. The number of hydrogen-bond acceptors (Lipinski definition) is 7. The Bertz CT molecular complexity index is 1020. The fourth-order valence-corrected chi connectivity index (χ4v) is 3.75. The van der Waals surface area contributed by atoms with E-state index in [1.165, 1.54) is 19.3 Å². The van der Waals surface area contributed by atoms with Crippen LogP contribution in [0.1, 0.15) is 36.9 Å². The van der Waals surface area contributed by atoms with Crippen LogP contribution >= 0.6 is 0 Å². The molecule has 2 aromatic heterocycles. The molecule has 0 amide bonds. The SMILES string of the molecule is N#Cc1c(CCCNc2cc(N3CCCCC3)ncn2)nn(-c2ccccc2)c1N. The van der Waals surface area contributed by atoms with Gasteiger partial charge in [-0.25, -0.2) is 14.6 Å². The zero-order chi connectivity index (χ0) is 20.8. The molecular weight excluding hydrogens is 376 g/mol. The lowest BCUT2D eigenvalue weighted by molar-refractivity contribution is 0.573. The third-order valence-electron chi connectivity index (χ3n) is 5.34. The van der Waals surface area contributed by atoms with E-state index >= 15 is 0 Å². The predicted molar refractivity (Wildman–Crippen MR) is 118 cm³/mol. The van der Waals surface area contributed by atoms with Crippen molar-refractivity contribution in [2.24, 2.45) is 0 Å². The number of piperidine rings is 1. The number of nitriles is 1. The summed E-state index contributed by atoms with van der Waals surface area (Å²) in [4.78, 5) is 11.1. The molecule has 1 aliphatic rings. The van der Waals surface area contributed by atoms with Crippen LogP contribution < -0.4 is 16.0 Å². The zero-order valence-corrected chi connectivity index (χ0v) is 17.0. The van der Waals surface area contributed by atoms with Crippen molar-refractivity contribution in [2.75, 3.05) is 35.6 Å². The van der Waals surface area contributed by atoms with Gasteiger partial charge in [0.15, 0.2) is 0 Å². The van der Waals surface area contributed by atoms with Crippen LogP contribution in [0.3, 0.4) is 0 Å². The number of rotatable bonds is 7. The van der Waals surface area contributed by atoms with Gasteiger partial charge in [0.05, 0.1) is 11.4 Å². The Balaban J connectivity index is 1.36. The number of nitrogens with zero attached hydrogens (tertiary/aromatic N) is 6. The van der Waals surface area contributed by atoms with Crippen molar-refractivity contribution >= 4 is 17.5 Å². The Morgan fingerprint density at radius 1 is 1.10 bits per heavy atom. The van der Waals surface area contributed by atoms with Crippen LogP contribution in [-0.4, -0.2) is 39.4 Å². The predicted octanol–water partition coefficient (Wildman–Crippen LogP) is 3.15. The first kappa shape index (κ1) is 19.7. The highest BCUT2D eigenvalue weighted by atomic mass is 15.3. The van der Waals surface area contributed by atoms with Crippen molar-refractivity contribution in [3.05, 3.63) is 54.0 Å². The topological polar surface area (TPSA) is 109 Å². The fraction of sp³-hybridized carbons (Fsp3) is 0.364. The lowest BCUT2D eigenvalue weighted by Crippen LogP contribution is -2.30. The molecular formula is C22H26N8. The van der Waals surface area contributed by atoms with Gasteiger partial charge in [0.2, 0.25) is 0 Å². The summed E-state index contributed by atoms with van der Waals surface area (Å²) in [6.45, 7) is 2.83. The number of aromatic nitrogens is 4. The number of nitrogens with two attached hydrogens (primary N) is 1. The number of aryl methyl sites for hydroxylation is 1. The Morgan fingerprint density at radius 3 is 2.67 bits per heavy atom. The second-order valence-electron chi connectivity index (χ2n) is 7.41.